The Morgan fingerprint density at radius 2 is 0.576 bits per heavy atom. The Hall–Kier alpha value is -11.7. The van der Waals surface area contributed by atoms with Gasteiger partial charge in [0.2, 0.25) is 0 Å². The second-order valence-electron chi connectivity index (χ2n) is 25.4. The summed E-state index contributed by atoms with van der Waals surface area (Å²) in [4.78, 5) is 32.2. The zero-order valence-electron chi connectivity index (χ0n) is 51.1. The number of hydrogen-bond donors (Lipinski definition) is 0. The summed E-state index contributed by atoms with van der Waals surface area (Å²) in [6.07, 6.45) is 0. The minimum atomic E-state index is -0.271. The lowest BCUT2D eigenvalue weighted by Crippen LogP contribution is -2.15. The highest BCUT2D eigenvalue weighted by Gasteiger charge is 2.40. The molecule has 12 aromatic carbocycles. The summed E-state index contributed by atoms with van der Waals surface area (Å²) in [5.41, 5.74) is 23.4. The van der Waals surface area contributed by atoms with Crippen LogP contribution in [0.3, 0.4) is 0 Å². The van der Waals surface area contributed by atoms with Gasteiger partial charge in [-0.2, -0.15) is 0 Å². The van der Waals surface area contributed by atoms with Crippen LogP contribution in [-0.2, 0) is 10.8 Å². The maximum Gasteiger partial charge on any atom is 0.166 e. The molecule has 0 unspecified atom stereocenters. The highest BCUT2D eigenvalue weighted by atomic mass is 15.1. The van der Waals surface area contributed by atoms with Crippen LogP contribution in [0.5, 0.6) is 0 Å². The van der Waals surface area contributed by atoms with Crippen LogP contribution in [0.25, 0.3) is 157 Å². The quantitative estimate of drug-likeness (QED) is 0.143. The first-order valence-corrected chi connectivity index (χ1v) is 31.5. The average molecular weight is 1180 g/mol. The van der Waals surface area contributed by atoms with Crippen molar-refractivity contribution in [3.05, 3.63) is 301 Å². The molecule has 4 aromatic heterocycles. The van der Waals surface area contributed by atoms with Crippen molar-refractivity contribution in [1.29, 1.82) is 0 Å². The van der Waals surface area contributed by atoms with Gasteiger partial charge in [0, 0.05) is 71.3 Å². The number of aromatic nitrogens is 8. The molecule has 2 aliphatic carbocycles. The Labute approximate surface area is 532 Å². The molecule has 0 N–H and O–H groups in total. The van der Waals surface area contributed by atoms with Gasteiger partial charge in [-0.05, 0) is 105 Å². The van der Waals surface area contributed by atoms with Crippen molar-refractivity contribution in [2.45, 2.75) is 38.5 Å². The van der Waals surface area contributed by atoms with Gasteiger partial charge >= 0.3 is 0 Å². The number of hydrogen-bond acceptors (Lipinski definition) is 6. The second-order valence-corrected chi connectivity index (χ2v) is 25.4. The molecule has 0 aliphatic heterocycles. The molecule has 18 rings (SSSR count). The van der Waals surface area contributed by atoms with Crippen LogP contribution in [0.4, 0.5) is 0 Å². The van der Waals surface area contributed by atoms with Crippen molar-refractivity contribution < 1.29 is 0 Å². The van der Waals surface area contributed by atoms with E-state index in [4.69, 9.17) is 29.9 Å². The molecule has 16 aromatic rings. The van der Waals surface area contributed by atoms with Crippen LogP contribution in [0.1, 0.15) is 49.9 Å². The van der Waals surface area contributed by atoms with Gasteiger partial charge in [0.1, 0.15) is 0 Å². The van der Waals surface area contributed by atoms with E-state index in [9.17, 15) is 0 Å². The molecule has 0 radical (unpaired) electrons. The Balaban J connectivity index is 0.950. The summed E-state index contributed by atoms with van der Waals surface area (Å²) in [6.45, 7) is 9.52. The molecule has 92 heavy (non-hydrogen) atoms. The number of benzene rings is 12. The van der Waals surface area contributed by atoms with Gasteiger partial charge in [0.25, 0.3) is 0 Å². The highest BCUT2D eigenvalue weighted by Crippen LogP contribution is 2.56. The van der Waals surface area contributed by atoms with Gasteiger partial charge < -0.3 is 9.13 Å². The standard InChI is InChI=1S/C84H58N8/c1-83(2)65-37-21-17-33-57(65)59-43-47-71-73(75(59)83)61-35-19-23-39-67(61)91(71)69-46-42-56(81-87-77(51-25-9-5-10-26-51)85-78(88-81)52-27-11-6-12-28-52)50-63(69)55-41-45-70(64(49-55)82-89-79(53-29-13-7-14-30-53)86-80(90-82)54-31-15-8-16-32-54)92-68-40-24-20-36-62(68)74-72(92)48-44-60-58-34-18-22-38-66(58)84(3,4)76(60)74/h5-50H,1-4H3. The fourth-order valence-corrected chi connectivity index (χ4v) is 15.2. The van der Waals surface area contributed by atoms with E-state index in [1.165, 1.54) is 66.1 Å². The zero-order valence-corrected chi connectivity index (χ0v) is 51.1. The highest BCUT2D eigenvalue weighted by molar-refractivity contribution is 6.16. The number of rotatable bonds is 9. The van der Waals surface area contributed by atoms with E-state index >= 15 is 0 Å². The van der Waals surface area contributed by atoms with Crippen LogP contribution in [0.15, 0.2) is 279 Å². The molecule has 0 saturated heterocycles. The first-order valence-electron chi connectivity index (χ1n) is 31.5. The molecule has 0 saturated carbocycles. The fraction of sp³-hybridized carbons (Fsp3) is 0.0714. The third-order valence-corrected chi connectivity index (χ3v) is 19.4. The summed E-state index contributed by atoms with van der Waals surface area (Å²) in [5, 5.41) is 4.86. The number of nitrogens with zero attached hydrogens (tertiary/aromatic N) is 8. The van der Waals surface area contributed by atoms with Gasteiger partial charge in [-0.25, -0.2) is 29.9 Å². The summed E-state index contributed by atoms with van der Waals surface area (Å²) >= 11 is 0. The van der Waals surface area contributed by atoms with Gasteiger partial charge in [-0.1, -0.05) is 252 Å². The maximum atomic E-state index is 5.57. The van der Waals surface area contributed by atoms with Crippen LogP contribution < -0.4 is 0 Å². The third-order valence-electron chi connectivity index (χ3n) is 19.4. The van der Waals surface area contributed by atoms with E-state index < -0.39 is 0 Å². The first kappa shape index (κ1) is 53.3. The van der Waals surface area contributed by atoms with Crippen molar-refractivity contribution in [2.75, 3.05) is 0 Å². The Bertz CT molecular complexity index is 5570. The second kappa shape index (κ2) is 20.4. The molecule has 2 aliphatic rings. The molecular formula is C84H58N8. The van der Waals surface area contributed by atoms with E-state index in [0.29, 0.717) is 34.9 Å². The van der Waals surface area contributed by atoms with E-state index in [2.05, 4.69) is 243 Å². The largest absolute Gasteiger partial charge is 0.309 e. The van der Waals surface area contributed by atoms with E-state index in [-0.39, 0.29) is 10.8 Å². The lowest BCUT2D eigenvalue weighted by Gasteiger charge is -2.23. The van der Waals surface area contributed by atoms with Gasteiger partial charge in [-0.15, -0.1) is 0 Å². The normalized spacial score (nSPS) is 13.4. The van der Waals surface area contributed by atoms with Crippen LogP contribution in [0, 0.1) is 0 Å². The number of para-hydroxylation sites is 2. The number of fused-ring (bicyclic) bond motifs is 14. The topological polar surface area (TPSA) is 87.2 Å². The predicted octanol–water partition coefficient (Wildman–Crippen LogP) is 20.5. The molecule has 8 heteroatoms. The van der Waals surface area contributed by atoms with E-state index in [1.54, 1.807) is 0 Å². The minimum absolute atomic E-state index is 0.266. The molecule has 0 amide bonds. The third kappa shape index (κ3) is 8.09. The van der Waals surface area contributed by atoms with Gasteiger partial charge in [-0.3, -0.25) is 0 Å². The van der Waals surface area contributed by atoms with Gasteiger partial charge in [0.15, 0.2) is 34.9 Å². The Kier molecular flexibility index (Phi) is 11.8. The lowest BCUT2D eigenvalue weighted by molar-refractivity contribution is 0.666. The molecular weight excluding hydrogens is 1120 g/mol. The monoisotopic (exact) mass is 1180 g/mol. The zero-order chi connectivity index (χ0) is 61.4. The van der Waals surface area contributed by atoms with Crippen molar-refractivity contribution in [1.82, 2.24) is 39.0 Å². The van der Waals surface area contributed by atoms with Crippen LogP contribution >= 0.6 is 0 Å². The summed E-state index contributed by atoms with van der Waals surface area (Å²) in [5.74, 6) is 3.44. The van der Waals surface area contributed by atoms with Crippen LogP contribution in [0.2, 0.25) is 0 Å². The molecule has 434 valence electrons. The van der Waals surface area contributed by atoms with Crippen molar-refractivity contribution in [3.63, 3.8) is 0 Å². The average Bonchev–Trinajstić information content (AvgIpc) is 1.54. The molecule has 0 fully saturated rings. The molecule has 4 heterocycles. The SMILES string of the molecule is CC1(C)c2ccccc2-c2ccc3c(c21)c1ccccc1n3-c1ccc(-c2nc(-c3ccccc3)nc(-c3ccccc3)n2)cc1-c1ccc(-n2c3ccccc3c3c4c(ccc32)-c2ccccc2C4(C)C)c(-c2nc(-c3ccccc3)nc(-c3ccccc3)n2)c1. The lowest BCUT2D eigenvalue weighted by atomic mass is 9.80. The summed E-state index contributed by atoms with van der Waals surface area (Å²) in [6, 6.07) is 99.5. The first-order chi connectivity index (χ1) is 45.2. The van der Waals surface area contributed by atoms with Crippen molar-refractivity contribution in [3.8, 4) is 113 Å². The maximum absolute atomic E-state index is 5.57. The summed E-state index contributed by atoms with van der Waals surface area (Å²) in [7, 11) is 0. The van der Waals surface area contributed by atoms with Crippen molar-refractivity contribution in [2.24, 2.45) is 0 Å². The van der Waals surface area contributed by atoms with E-state index in [1.807, 2.05) is 72.8 Å². The predicted molar refractivity (Wildman–Crippen MR) is 375 cm³/mol. The summed E-state index contributed by atoms with van der Waals surface area (Å²) < 4.78 is 4.93. The molecule has 0 bridgehead atoms. The Morgan fingerprint density at radius 1 is 0.239 bits per heavy atom. The van der Waals surface area contributed by atoms with Gasteiger partial charge in [0.05, 0.1) is 33.4 Å². The molecule has 0 spiro atoms. The van der Waals surface area contributed by atoms with Crippen LogP contribution in [-0.4, -0.2) is 39.0 Å². The van der Waals surface area contributed by atoms with Crippen molar-refractivity contribution >= 4 is 43.6 Å². The molecule has 0 atom stereocenters. The fourth-order valence-electron chi connectivity index (χ4n) is 15.2. The Morgan fingerprint density at radius 3 is 1.01 bits per heavy atom. The minimum Gasteiger partial charge on any atom is -0.309 e. The van der Waals surface area contributed by atoms with E-state index in [0.717, 1.165) is 77.9 Å². The smallest absolute Gasteiger partial charge is 0.166 e. The molecule has 8 nitrogen and oxygen atoms in total.